The molecule has 0 aromatic carbocycles. The molecule has 0 saturated carbocycles. The van der Waals surface area contributed by atoms with Gasteiger partial charge in [0.25, 0.3) is 0 Å². The van der Waals surface area contributed by atoms with Crippen LogP contribution in [0.3, 0.4) is 0 Å². The van der Waals surface area contributed by atoms with Crippen LogP contribution in [0, 0.1) is 5.92 Å². The minimum atomic E-state index is -0.491. The molecule has 0 bridgehead atoms. The fourth-order valence-electron chi connectivity index (χ4n) is 3.62. The molecule has 4 heteroatoms. The van der Waals surface area contributed by atoms with Crippen LogP contribution >= 0.6 is 0 Å². The Morgan fingerprint density at radius 1 is 1.12 bits per heavy atom. The van der Waals surface area contributed by atoms with Crippen molar-refractivity contribution in [1.29, 1.82) is 0 Å². The highest BCUT2D eigenvalue weighted by atomic mass is 16.5. The van der Waals surface area contributed by atoms with E-state index < -0.39 is 5.60 Å². The zero-order valence-corrected chi connectivity index (χ0v) is 10.4. The molecule has 3 rings (SSSR count). The van der Waals surface area contributed by atoms with Gasteiger partial charge in [-0.05, 0) is 44.6 Å². The Bertz CT molecular complexity index is 264. The molecular formula is C13H23NO3. The Hall–Kier alpha value is -0.160. The van der Waals surface area contributed by atoms with E-state index in [4.69, 9.17) is 9.47 Å². The number of aliphatic hydroxyl groups is 1. The van der Waals surface area contributed by atoms with E-state index in [-0.39, 0.29) is 5.60 Å². The molecule has 3 saturated heterocycles. The Kier molecular flexibility index (Phi) is 3.15. The summed E-state index contributed by atoms with van der Waals surface area (Å²) < 4.78 is 11.5. The standard InChI is InChI=1S/C13H23NO3/c15-13(2-5-14-10-13)11-1-6-17-12(9-11)3-7-16-8-4-12/h11,14-15H,1-10H2. The molecule has 3 heterocycles. The van der Waals surface area contributed by atoms with Crippen molar-refractivity contribution in [2.24, 2.45) is 5.92 Å². The summed E-state index contributed by atoms with van der Waals surface area (Å²) in [5, 5.41) is 14.0. The van der Waals surface area contributed by atoms with Crippen molar-refractivity contribution >= 4 is 0 Å². The SMILES string of the molecule is OC1(C2CCOC3(CCOCC3)C2)CCNC1. The minimum absolute atomic E-state index is 0.000509. The number of hydrogen-bond donors (Lipinski definition) is 2. The van der Waals surface area contributed by atoms with Gasteiger partial charge in [-0.2, -0.15) is 0 Å². The maximum Gasteiger partial charge on any atom is 0.0813 e. The van der Waals surface area contributed by atoms with Crippen molar-refractivity contribution in [1.82, 2.24) is 5.32 Å². The predicted octanol–water partition coefficient (Wildman–Crippen LogP) is 0.687. The maximum atomic E-state index is 10.7. The average Bonchev–Trinajstić information content (AvgIpc) is 2.79. The molecule has 2 N–H and O–H groups in total. The van der Waals surface area contributed by atoms with Crippen LogP contribution in [0.15, 0.2) is 0 Å². The molecule has 4 nitrogen and oxygen atoms in total. The van der Waals surface area contributed by atoms with E-state index in [0.29, 0.717) is 5.92 Å². The first-order chi connectivity index (χ1) is 8.23. The van der Waals surface area contributed by atoms with Crippen LogP contribution in [-0.4, -0.2) is 49.2 Å². The van der Waals surface area contributed by atoms with Crippen molar-refractivity contribution in [3.63, 3.8) is 0 Å². The van der Waals surface area contributed by atoms with Gasteiger partial charge in [0.05, 0.1) is 11.2 Å². The van der Waals surface area contributed by atoms with Crippen molar-refractivity contribution in [3.05, 3.63) is 0 Å². The molecule has 3 aliphatic rings. The van der Waals surface area contributed by atoms with Gasteiger partial charge in [0.15, 0.2) is 0 Å². The smallest absolute Gasteiger partial charge is 0.0813 e. The highest BCUT2D eigenvalue weighted by molar-refractivity contribution is 5.00. The summed E-state index contributed by atoms with van der Waals surface area (Å²) in [6.07, 6.45) is 4.89. The van der Waals surface area contributed by atoms with E-state index in [1.807, 2.05) is 0 Å². The van der Waals surface area contributed by atoms with Gasteiger partial charge in [-0.3, -0.25) is 0 Å². The molecular weight excluding hydrogens is 218 g/mol. The summed E-state index contributed by atoms with van der Waals surface area (Å²) in [6, 6.07) is 0. The lowest BCUT2D eigenvalue weighted by Crippen LogP contribution is -2.51. The van der Waals surface area contributed by atoms with E-state index in [0.717, 1.165) is 65.0 Å². The Balaban J connectivity index is 1.70. The second-order valence-electron chi connectivity index (χ2n) is 5.86. The van der Waals surface area contributed by atoms with Gasteiger partial charge in [0.1, 0.15) is 0 Å². The first kappa shape index (κ1) is 11.9. The van der Waals surface area contributed by atoms with E-state index >= 15 is 0 Å². The summed E-state index contributed by atoms with van der Waals surface area (Å²) >= 11 is 0. The average molecular weight is 241 g/mol. The number of ether oxygens (including phenoxy) is 2. The van der Waals surface area contributed by atoms with Crippen molar-refractivity contribution in [3.8, 4) is 0 Å². The van der Waals surface area contributed by atoms with Crippen LogP contribution in [0.5, 0.6) is 0 Å². The molecule has 0 amide bonds. The van der Waals surface area contributed by atoms with Crippen LogP contribution < -0.4 is 5.32 Å². The Labute approximate surface area is 103 Å². The second-order valence-corrected chi connectivity index (χ2v) is 5.86. The number of rotatable bonds is 1. The largest absolute Gasteiger partial charge is 0.388 e. The molecule has 2 atom stereocenters. The van der Waals surface area contributed by atoms with Crippen LogP contribution in [-0.2, 0) is 9.47 Å². The van der Waals surface area contributed by atoms with Crippen LogP contribution in [0.4, 0.5) is 0 Å². The van der Waals surface area contributed by atoms with Crippen molar-refractivity contribution in [2.75, 3.05) is 32.9 Å². The number of nitrogens with one attached hydrogen (secondary N) is 1. The summed E-state index contributed by atoms with van der Waals surface area (Å²) in [7, 11) is 0. The van der Waals surface area contributed by atoms with Crippen molar-refractivity contribution in [2.45, 2.75) is 43.3 Å². The van der Waals surface area contributed by atoms with E-state index in [1.165, 1.54) is 0 Å². The van der Waals surface area contributed by atoms with Gasteiger partial charge in [-0.15, -0.1) is 0 Å². The van der Waals surface area contributed by atoms with E-state index in [9.17, 15) is 5.11 Å². The number of hydrogen-bond acceptors (Lipinski definition) is 4. The minimum Gasteiger partial charge on any atom is -0.388 e. The summed E-state index contributed by atoms with van der Waals surface area (Å²) in [5.74, 6) is 0.393. The molecule has 2 unspecified atom stereocenters. The van der Waals surface area contributed by atoms with Crippen molar-refractivity contribution < 1.29 is 14.6 Å². The third kappa shape index (κ3) is 2.24. The summed E-state index contributed by atoms with van der Waals surface area (Å²) in [4.78, 5) is 0. The highest BCUT2D eigenvalue weighted by Gasteiger charge is 2.47. The van der Waals surface area contributed by atoms with Crippen LogP contribution in [0.2, 0.25) is 0 Å². The molecule has 98 valence electrons. The predicted molar refractivity (Wildman–Crippen MR) is 63.9 cm³/mol. The zero-order chi connectivity index (χ0) is 11.8. The fourth-order valence-corrected chi connectivity index (χ4v) is 3.62. The normalized spacial score (nSPS) is 41.8. The third-order valence-electron chi connectivity index (χ3n) is 4.82. The zero-order valence-electron chi connectivity index (χ0n) is 10.4. The lowest BCUT2D eigenvalue weighted by atomic mass is 9.73. The lowest BCUT2D eigenvalue weighted by molar-refractivity contribution is -0.171. The fraction of sp³-hybridized carbons (Fsp3) is 1.00. The topological polar surface area (TPSA) is 50.7 Å². The quantitative estimate of drug-likeness (QED) is 0.709. The molecule has 1 spiro atoms. The molecule has 3 aliphatic heterocycles. The summed E-state index contributed by atoms with van der Waals surface area (Å²) in [6.45, 7) is 4.12. The van der Waals surface area contributed by atoms with Gasteiger partial charge >= 0.3 is 0 Å². The van der Waals surface area contributed by atoms with Crippen LogP contribution in [0.1, 0.15) is 32.1 Å². The second kappa shape index (κ2) is 4.50. The first-order valence-corrected chi connectivity index (χ1v) is 6.87. The van der Waals surface area contributed by atoms with Gasteiger partial charge in [-0.1, -0.05) is 0 Å². The van der Waals surface area contributed by atoms with E-state index in [1.54, 1.807) is 0 Å². The molecule has 0 aliphatic carbocycles. The van der Waals surface area contributed by atoms with Crippen LogP contribution in [0.25, 0.3) is 0 Å². The molecule has 0 aromatic heterocycles. The monoisotopic (exact) mass is 241 g/mol. The summed E-state index contributed by atoms with van der Waals surface area (Å²) in [5.41, 5.74) is -0.491. The van der Waals surface area contributed by atoms with Gasteiger partial charge in [0.2, 0.25) is 0 Å². The molecule has 0 aromatic rings. The van der Waals surface area contributed by atoms with E-state index in [2.05, 4.69) is 5.32 Å². The molecule has 0 radical (unpaired) electrons. The Morgan fingerprint density at radius 3 is 2.65 bits per heavy atom. The maximum absolute atomic E-state index is 10.7. The van der Waals surface area contributed by atoms with Gasteiger partial charge in [0, 0.05) is 26.4 Å². The Morgan fingerprint density at radius 2 is 1.94 bits per heavy atom. The molecule has 17 heavy (non-hydrogen) atoms. The number of β-amino-alcohol motifs (C(OH)–C–C–N with tert-alkyl or cyclic N) is 1. The highest BCUT2D eigenvalue weighted by Crippen LogP contribution is 2.42. The first-order valence-electron chi connectivity index (χ1n) is 6.87. The molecule has 3 fully saturated rings. The third-order valence-corrected chi connectivity index (χ3v) is 4.82. The lowest BCUT2D eigenvalue weighted by Gasteiger charge is -2.47. The van der Waals surface area contributed by atoms with Gasteiger partial charge < -0.3 is 19.9 Å². The van der Waals surface area contributed by atoms with Gasteiger partial charge in [-0.25, -0.2) is 0 Å².